The van der Waals surface area contributed by atoms with Crippen molar-refractivity contribution in [1.82, 2.24) is 0 Å². The highest BCUT2D eigenvalue weighted by Gasteiger charge is 2.62. The van der Waals surface area contributed by atoms with Crippen molar-refractivity contribution in [1.29, 1.82) is 0 Å². The number of hydrogen-bond donors (Lipinski definition) is 1. The van der Waals surface area contributed by atoms with Crippen LogP contribution in [0.15, 0.2) is 11.6 Å². The van der Waals surface area contributed by atoms with Gasteiger partial charge in [-0.25, -0.2) is 0 Å². The van der Waals surface area contributed by atoms with Crippen molar-refractivity contribution >= 4 is 11.9 Å². The summed E-state index contributed by atoms with van der Waals surface area (Å²) in [6.07, 6.45) is 8.43. The maximum atomic E-state index is 13.3. The Balaban J connectivity index is 1.83. The number of carbonyl (C=O) groups excluding carboxylic acids is 2. The van der Waals surface area contributed by atoms with Gasteiger partial charge in [0.05, 0.1) is 12.5 Å². The van der Waals surface area contributed by atoms with Crippen LogP contribution >= 0.6 is 0 Å². The normalized spacial score (nSPS) is 38.5. The molecule has 0 bridgehead atoms. The number of aliphatic hydroxyl groups excluding tert-OH is 1. The Morgan fingerprint density at radius 2 is 1.83 bits per heavy atom. The highest BCUT2D eigenvalue weighted by molar-refractivity contribution is 5.77. The molecule has 2 fully saturated rings. The summed E-state index contributed by atoms with van der Waals surface area (Å²) in [5.41, 5.74) is 1.53. The van der Waals surface area contributed by atoms with Gasteiger partial charge in [-0.3, -0.25) is 9.59 Å². The minimum Gasteiger partial charge on any atom is -0.461 e. The van der Waals surface area contributed by atoms with Gasteiger partial charge in [0, 0.05) is 6.92 Å². The number of ether oxygens (including phenoxy) is 2. The van der Waals surface area contributed by atoms with Gasteiger partial charge in [-0.2, -0.15) is 0 Å². The average molecular weight is 421 g/mol. The summed E-state index contributed by atoms with van der Waals surface area (Å²) in [5.74, 6) is 0.112. The molecule has 0 heterocycles. The Morgan fingerprint density at radius 1 is 1.13 bits per heavy atom. The average Bonchev–Trinajstić information content (AvgIpc) is 2.63. The zero-order chi connectivity index (χ0) is 22.3. The van der Waals surface area contributed by atoms with Gasteiger partial charge >= 0.3 is 11.9 Å². The fourth-order valence-corrected chi connectivity index (χ4v) is 7.58. The van der Waals surface area contributed by atoms with Crippen LogP contribution in [-0.2, 0) is 19.1 Å². The van der Waals surface area contributed by atoms with Gasteiger partial charge in [-0.15, -0.1) is 0 Å². The first-order chi connectivity index (χ1) is 14.0. The number of rotatable bonds is 5. The van der Waals surface area contributed by atoms with Crippen LogP contribution in [0.3, 0.4) is 0 Å². The van der Waals surface area contributed by atoms with Gasteiger partial charge in [0.25, 0.3) is 0 Å². The molecule has 6 atom stereocenters. The number of allylic oxidation sites excluding steroid dienone is 1. The maximum Gasteiger partial charge on any atom is 0.313 e. The van der Waals surface area contributed by atoms with E-state index in [9.17, 15) is 14.7 Å². The van der Waals surface area contributed by atoms with Gasteiger partial charge in [0.1, 0.15) is 6.61 Å². The molecule has 0 amide bonds. The lowest BCUT2D eigenvalue weighted by Gasteiger charge is -2.64. The second-order valence-corrected chi connectivity index (χ2v) is 11.2. The fourth-order valence-electron chi connectivity index (χ4n) is 7.58. The largest absolute Gasteiger partial charge is 0.461 e. The Hall–Kier alpha value is -1.36. The Bertz CT molecular complexity index is 710. The standard InChI is InChI=1S/C25H40O5/c1-16-8-9-20-24(5)12-7-11-23(3,4)19(24)10-13-25(20,6)21(16)22(28)29-15-18(14-26)30-17(2)27/h8,18-21,26H,7,9-15H2,1-6H3/t18-,19-,20-,21-,24-,25+/m1/s1. The van der Waals surface area contributed by atoms with Crippen LogP contribution in [0.1, 0.15) is 80.1 Å². The summed E-state index contributed by atoms with van der Waals surface area (Å²) in [6, 6.07) is 0. The first-order valence-corrected chi connectivity index (χ1v) is 11.6. The third kappa shape index (κ3) is 3.94. The molecule has 0 spiro atoms. The quantitative estimate of drug-likeness (QED) is 0.517. The van der Waals surface area contributed by atoms with E-state index in [0.717, 1.165) is 24.8 Å². The monoisotopic (exact) mass is 420 g/mol. The number of esters is 2. The third-order valence-corrected chi connectivity index (χ3v) is 8.81. The molecule has 0 aromatic heterocycles. The molecule has 3 aliphatic rings. The van der Waals surface area contributed by atoms with E-state index >= 15 is 0 Å². The Kier molecular flexibility index (Phi) is 6.44. The van der Waals surface area contributed by atoms with E-state index in [1.165, 1.54) is 26.2 Å². The van der Waals surface area contributed by atoms with E-state index in [0.29, 0.717) is 17.3 Å². The zero-order valence-electron chi connectivity index (χ0n) is 19.6. The molecule has 0 aromatic rings. The molecule has 0 unspecified atom stereocenters. The van der Waals surface area contributed by atoms with Crippen LogP contribution < -0.4 is 0 Å². The predicted octanol–water partition coefficient (Wildman–Crippen LogP) is 4.67. The maximum absolute atomic E-state index is 13.3. The Labute approximate surface area is 181 Å². The van der Waals surface area contributed by atoms with Crippen molar-refractivity contribution in [3.8, 4) is 0 Å². The highest BCUT2D eigenvalue weighted by Crippen LogP contribution is 2.68. The molecule has 5 heteroatoms. The molecular weight excluding hydrogens is 380 g/mol. The van der Waals surface area contributed by atoms with E-state index < -0.39 is 12.1 Å². The van der Waals surface area contributed by atoms with Gasteiger partial charge in [0.2, 0.25) is 0 Å². The van der Waals surface area contributed by atoms with Crippen molar-refractivity contribution in [2.24, 2.45) is 34.0 Å². The van der Waals surface area contributed by atoms with Crippen LogP contribution in [0.25, 0.3) is 0 Å². The lowest BCUT2D eigenvalue weighted by molar-refractivity contribution is -0.177. The molecule has 0 aliphatic heterocycles. The van der Waals surface area contributed by atoms with Crippen LogP contribution in [0.4, 0.5) is 0 Å². The van der Waals surface area contributed by atoms with Gasteiger partial charge in [-0.1, -0.05) is 45.8 Å². The summed E-state index contributed by atoms with van der Waals surface area (Å²) in [7, 11) is 0. The third-order valence-electron chi connectivity index (χ3n) is 8.81. The van der Waals surface area contributed by atoms with E-state index in [-0.39, 0.29) is 35.9 Å². The first kappa shape index (κ1) is 23.3. The topological polar surface area (TPSA) is 72.8 Å². The molecule has 3 rings (SSSR count). The van der Waals surface area contributed by atoms with Gasteiger partial charge in [0.15, 0.2) is 6.10 Å². The van der Waals surface area contributed by atoms with E-state index in [2.05, 4.69) is 33.8 Å². The van der Waals surface area contributed by atoms with E-state index in [1.54, 1.807) is 0 Å². The second-order valence-electron chi connectivity index (χ2n) is 11.2. The summed E-state index contributed by atoms with van der Waals surface area (Å²) in [6.45, 7) is 12.5. The summed E-state index contributed by atoms with van der Waals surface area (Å²) in [4.78, 5) is 24.5. The van der Waals surface area contributed by atoms with Crippen molar-refractivity contribution in [2.75, 3.05) is 13.2 Å². The number of fused-ring (bicyclic) bond motifs is 3. The fraction of sp³-hybridized carbons (Fsp3) is 0.840. The number of hydrogen-bond acceptors (Lipinski definition) is 5. The lowest BCUT2D eigenvalue weighted by atomic mass is 9.40. The summed E-state index contributed by atoms with van der Waals surface area (Å²) < 4.78 is 10.6. The molecular formula is C25H40O5. The summed E-state index contributed by atoms with van der Waals surface area (Å²) >= 11 is 0. The number of carbonyl (C=O) groups is 2. The zero-order valence-corrected chi connectivity index (χ0v) is 19.6. The second kappa shape index (κ2) is 8.29. The van der Waals surface area contributed by atoms with E-state index in [4.69, 9.17) is 9.47 Å². The van der Waals surface area contributed by atoms with Gasteiger partial charge < -0.3 is 14.6 Å². The molecule has 2 saturated carbocycles. The first-order valence-electron chi connectivity index (χ1n) is 11.6. The predicted molar refractivity (Wildman–Crippen MR) is 116 cm³/mol. The molecule has 170 valence electrons. The van der Waals surface area contributed by atoms with Crippen LogP contribution in [0.5, 0.6) is 0 Å². The summed E-state index contributed by atoms with van der Waals surface area (Å²) in [5, 5.41) is 9.42. The molecule has 0 radical (unpaired) electrons. The van der Waals surface area contributed by atoms with Crippen molar-refractivity contribution in [3.05, 3.63) is 11.6 Å². The van der Waals surface area contributed by atoms with Crippen molar-refractivity contribution < 1.29 is 24.2 Å². The molecule has 0 saturated heterocycles. The smallest absolute Gasteiger partial charge is 0.313 e. The Morgan fingerprint density at radius 3 is 2.47 bits per heavy atom. The number of aliphatic hydroxyl groups is 1. The van der Waals surface area contributed by atoms with Crippen molar-refractivity contribution in [2.45, 2.75) is 86.2 Å². The van der Waals surface area contributed by atoms with Crippen LogP contribution in [-0.4, -0.2) is 36.4 Å². The van der Waals surface area contributed by atoms with Gasteiger partial charge in [-0.05, 0) is 67.1 Å². The molecule has 30 heavy (non-hydrogen) atoms. The highest BCUT2D eigenvalue weighted by atomic mass is 16.6. The lowest BCUT2D eigenvalue weighted by Crippen LogP contribution is -2.58. The molecule has 5 nitrogen and oxygen atoms in total. The van der Waals surface area contributed by atoms with Crippen LogP contribution in [0, 0.1) is 34.0 Å². The van der Waals surface area contributed by atoms with Crippen molar-refractivity contribution in [3.63, 3.8) is 0 Å². The minimum atomic E-state index is -0.810. The van der Waals surface area contributed by atoms with E-state index in [1.807, 2.05) is 6.92 Å². The molecule has 1 N–H and O–H groups in total. The minimum absolute atomic E-state index is 0.105. The molecule has 3 aliphatic carbocycles. The SMILES string of the molecule is CC(=O)O[C@H](CO)COC(=O)[C@H]1C(C)=CC[C@@H]2[C@]3(C)CCCC(C)(C)[C@H]3CC[C@]12C. The van der Waals surface area contributed by atoms with Crippen LogP contribution in [0.2, 0.25) is 0 Å². The molecule has 0 aromatic carbocycles.